The topological polar surface area (TPSA) is 106 Å². The molecule has 0 radical (unpaired) electrons. The zero-order valence-corrected chi connectivity index (χ0v) is 19.6. The number of furan rings is 1. The van der Waals surface area contributed by atoms with Gasteiger partial charge < -0.3 is 19.8 Å². The van der Waals surface area contributed by atoms with Gasteiger partial charge in [0, 0.05) is 36.2 Å². The molecule has 0 saturated carbocycles. The van der Waals surface area contributed by atoms with Gasteiger partial charge in [-0.25, -0.2) is 9.97 Å². The first-order valence-corrected chi connectivity index (χ1v) is 11.7. The molecule has 2 aromatic carbocycles. The van der Waals surface area contributed by atoms with Gasteiger partial charge in [-0.2, -0.15) is 0 Å². The standard InChI is InChI=1S/C27H26N4O4/c1-16(2)14-28-25-23-22(17-6-4-3-5-7-17)24(35-27(23)30-15-29-25)18-8-10-19(11-9-18)31-26(33)20-12-13-21(32)34-20/h3-11,15-16,20H,12-14H2,1-2H3,(H,31,33)(H,28,29,30). The van der Waals surface area contributed by atoms with Crippen LogP contribution in [0.2, 0.25) is 0 Å². The monoisotopic (exact) mass is 470 g/mol. The van der Waals surface area contributed by atoms with Crippen LogP contribution in [-0.4, -0.2) is 34.5 Å². The van der Waals surface area contributed by atoms with E-state index in [-0.39, 0.29) is 18.3 Å². The van der Waals surface area contributed by atoms with Crippen molar-refractivity contribution in [2.75, 3.05) is 17.2 Å². The highest BCUT2D eigenvalue weighted by Crippen LogP contribution is 2.42. The molecule has 0 spiro atoms. The Labute approximate surface area is 202 Å². The largest absolute Gasteiger partial charge is 0.452 e. The quantitative estimate of drug-likeness (QED) is 0.354. The molecule has 0 bridgehead atoms. The van der Waals surface area contributed by atoms with Crippen LogP contribution in [0.15, 0.2) is 65.3 Å². The minimum atomic E-state index is -0.738. The lowest BCUT2D eigenvalue weighted by Crippen LogP contribution is -2.27. The summed E-state index contributed by atoms with van der Waals surface area (Å²) in [4.78, 5) is 32.6. The maximum Gasteiger partial charge on any atom is 0.306 e. The second kappa shape index (κ2) is 9.58. The Balaban J connectivity index is 1.52. The first-order chi connectivity index (χ1) is 17.0. The van der Waals surface area contributed by atoms with Crippen molar-refractivity contribution in [3.05, 3.63) is 60.9 Å². The SMILES string of the molecule is CC(C)CNc1ncnc2oc(-c3ccc(NC(=O)C4CCC(=O)O4)cc3)c(-c3ccccc3)c12. The van der Waals surface area contributed by atoms with Crippen molar-refractivity contribution in [2.24, 2.45) is 5.92 Å². The summed E-state index contributed by atoms with van der Waals surface area (Å²) in [5.74, 6) is 1.18. The van der Waals surface area contributed by atoms with Gasteiger partial charge >= 0.3 is 5.97 Å². The van der Waals surface area contributed by atoms with Crippen LogP contribution in [0.25, 0.3) is 33.6 Å². The zero-order chi connectivity index (χ0) is 24.4. The Morgan fingerprint density at radius 3 is 2.51 bits per heavy atom. The lowest BCUT2D eigenvalue weighted by atomic mass is 9.99. The van der Waals surface area contributed by atoms with Crippen LogP contribution in [-0.2, 0) is 14.3 Å². The Morgan fingerprint density at radius 1 is 1.06 bits per heavy atom. The van der Waals surface area contributed by atoms with Crippen LogP contribution in [0.3, 0.4) is 0 Å². The molecule has 35 heavy (non-hydrogen) atoms. The molecule has 8 heteroatoms. The highest BCUT2D eigenvalue weighted by Gasteiger charge is 2.30. The number of cyclic esters (lactones) is 1. The van der Waals surface area contributed by atoms with Crippen LogP contribution in [0, 0.1) is 5.92 Å². The van der Waals surface area contributed by atoms with Gasteiger partial charge in [-0.15, -0.1) is 0 Å². The molecule has 3 heterocycles. The van der Waals surface area contributed by atoms with Gasteiger partial charge in [-0.05, 0) is 35.7 Å². The molecule has 178 valence electrons. The van der Waals surface area contributed by atoms with Crippen molar-refractivity contribution in [3.63, 3.8) is 0 Å². The number of nitrogens with one attached hydrogen (secondary N) is 2. The number of carbonyl (C=O) groups excluding carboxylic acids is 2. The van der Waals surface area contributed by atoms with Crippen LogP contribution in [0.1, 0.15) is 26.7 Å². The van der Waals surface area contributed by atoms with E-state index in [1.54, 1.807) is 12.1 Å². The van der Waals surface area contributed by atoms with Crippen molar-refractivity contribution in [2.45, 2.75) is 32.8 Å². The normalized spacial score (nSPS) is 15.4. The molecule has 1 amide bonds. The minimum absolute atomic E-state index is 0.266. The molecule has 1 atom stereocenters. The maximum atomic E-state index is 12.4. The first-order valence-electron chi connectivity index (χ1n) is 11.7. The van der Waals surface area contributed by atoms with E-state index in [1.165, 1.54) is 6.33 Å². The number of hydrogen-bond acceptors (Lipinski definition) is 7. The van der Waals surface area contributed by atoms with Gasteiger partial charge in [0.2, 0.25) is 5.71 Å². The van der Waals surface area contributed by atoms with Crippen molar-refractivity contribution >= 4 is 34.5 Å². The minimum Gasteiger partial charge on any atom is -0.452 e. The van der Waals surface area contributed by atoms with Gasteiger partial charge in [-0.1, -0.05) is 44.2 Å². The molecule has 1 unspecified atom stereocenters. The third-order valence-corrected chi connectivity index (χ3v) is 5.82. The van der Waals surface area contributed by atoms with Crippen molar-refractivity contribution in [1.29, 1.82) is 0 Å². The summed E-state index contributed by atoms with van der Waals surface area (Å²) >= 11 is 0. The van der Waals surface area contributed by atoms with E-state index in [4.69, 9.17) is 9.15 Å². The zero-order valence-electron chi connectivity index (χ0n) is 19.6. The summed E-state index contributed by atoms with van der Waals surface area (Å²) in [6, 6.07) is 17.4. The number of ether oxygens (including phenoxy) is 1. The number of nitrogens with zero attached hydrogens (tertiary/aromatic N) is 2. The Bertz CT molecular complexity index is 1360. The number of esters is 1. The summed E-state index contributed by atoms with van der Waals surface area (Å²) in [6.45, 7) is 5.05. The van der Waals surface area contributed by atoms with Crippen LogP contribution >= 0.6 is 0 Å². The first kappa shape index (κ1) is 22.6. The highest BCUT2D eigenvalue weighted by molar-refractivity contribution is 6.06. The van der Waals surface area contributed by atoms with E-state index >= 15 is 0 Å². The maximum absolute atomic E-state index is 12.4. The van der Waals surface area contributed by atoms with Gasteiger partial charge in [-0.3, -0.25) is 9.59 Å². The fraction of sp³-hybridized carbons (Fsp3) is 0.259. The number of aromatic nitrogens is 2. The molecule has 1 aliphatic heterocycles. The average molecular weight is 471 g/mol. The number of rotatable bonds is 7. The fourth-order valence-corrected chi connectivity index (χ4v) is 4.09. The molecule has 0 aliphatic carbocycles. The molecule has 1 aliphatic rings. The van der Waals surface area contributed by atoms with E-state index in [2.05, 4.69) is 34.4 Å². The summed E-state index contributed by atoms with van der Waals surface area (Å²) in [7, 11) is 0. The lowest BCUT2D eigenvalue weighted by molar-refractivity contribution is -0.146. The summed E-state index contributed by atoms with van der Waals surface area (Å²) in [5.41, 5.74) is 3.84. The molecule has 1 saturated heterocycles. The highest BCUT2D eigenvalue weighted by atomic mass is 16.6. The van der Waals surface area contributed by atoms with Gasteiger partial charge in [0.15, 0.2) is 6.10 Å². The molecule has 5 rings (SSSR count). The Kier molecular flexibility index (Phi) is 6.18. The van der Waals surface area contributed by atoms with E-state index < -0.39 is 6.10 Å². The second-order valence-electron chi connectivity index (χ2n) is 8.93. The van der Waals surface area contributed by atoms with Crippen LogP contribution in [0.5, 0.6) is 0 Å². The summed E-state index contributed by atoms with van der Waals surface area (Å²) in [5, 5.41) is 7.07. The third-order valence-electron chi connectivity index (χ3n) is 5.82. The van der Waals surface area contributed by atoms with Crippen LogP contribution < -0.4 is 10.6 Å². The molecule has 2 N–H and O–H groups in total. The number of anilines is 2. The molecule has 8 nitrogen and oxygen atoms in total. The van der Waals surface area contributed by atoms with Crippen molar-refractivity contribution in [1.82, 2.24) is 9.97 Å². The predicted octanol–water partition coefficient (Wildman–Crippen LogP) is 5.27. The number of hydrogen-bond donors (Lipinski definition) is 2. The number of carbonyl (C=O) groups is 2. The number of fused-ring (bicyclic) bond motifs is 1. The van der Waals surface area contributed by atoms with E-state index in [0.29, 0.717) is 29.5 Å². The van der Waals surface area contributed by atoms with Crippen molar-refractivity contribution < 1.29 is 18.7 Å². The number of amides is 1. The van der Waals surface area contributed by atoms with Gasteiger partial charge in [0.25, 0.3) is 5.91 Å². The van der Waals surface area contributed by atoms with Crippen LogP contribution in [0.4, 0.5) is 11.5 Å². The molecular weight excluding hydrogens is 444 g/mol. The lowest BCUT2D eigenvalue weighted by Gasteiger charge is -2.11. The summed E-state index contributed by atoms with van der Waals surface area (Å²) in [6.07, 6.45) is 1.43. The molecular formula is C27H26N4O4. The van der Waals surface area contributed by atoms with Gasteiger partial charge in [0.1, 0.15) is 17.9 Å². The fourth-order valence-electron chi connectivity index (χ4n) is 4.09. The molecule has 4 aromatic rings. The Morgan fingerprint density at radius 2 is 1.83 bits per heavy atom. The summed E-state index contributed by atoms with van der Waals surface area (Å²) < 4.78 is 11.3. The second-order valence-corrected chi connectivity index (χ2v) is 8.93. The van der Waals surface area contributed by atoms with E-state index in [1.807, 2.05) is 42.5 Å². The van der Waals surface area contributed by atoms with E-state index in [9.17, 15) is 9.59 Å². The van der Waals surface area contributed by atoms with Crippen molar-refractivity contribution in [3.8, 4) is 22.5 Å². The predicted molar refractivity (Wildman–Crippen MR) is 134 cm³/mol. The van der Waals surface area contributed by atoms with Gasteiger partial charge in [0.05, 0.1) is 5.39 Å². The number of benzene rings is 2. The molecule has 2 aromatic heterocycles. The molecule has 1 fully saturated rings. The van der Waals surface area contributed by atoms with E-state index in [0.717, 1.165) is 34.4 Å². The Hall–Kier alpha value is -4.20. The average Bonchev–Trinajstić information content (AvgIpc) is 3.48. The third kappa shape index (κ3) is 4.73. The smallest absolute Gasteiger partial charge is 0.306 e.